The molecule has 0 unspecified atom stereocenters. The Hall–Kier alpha value is -4.50. The van der Waals surface area contributed by atoms with E-state index in [0.717, 1.165) is 0 Å². The number of fused-ring (bicyclic) bond motifs is 8. The van der Waals surface area contributed by atoms with Crippen molar-refractivity contribution in [2.24, 2.45) is 0 Å². The molecule has 306 valence electrons. The largest absolute Gasteiger partial charge is 0.135 e. The van der Waals surface area contributed by atoms with Crippen LogP contribution in [0.5, 0.6) is 0 Å². The first kappa shape index (κ1) is 40.9. The lowest BCUT2D eigenvalue weighted by atomic mass is 9.97. The Morgan fingerprint density at radius 1 is 0.283 bits per heavy atom. The minimum atomic E-state index is 1.19. The molecule has 9 rings (SSSR count). The van der Waals surface area contributed by atoms with E-state index in [1.165, 1.54) is 211 Å². The Morgan fingerprint density at radius 3 is 1.02 bits per heavy atom. The molecule has 7 aromatic carbocycles. The van der Waals surface area contributed by atoms with Crippen LogP contribution in [0, 0.1) is 0 Å². The molecule has 9 aromatic rings. The second-order valence-electron chi connectivity index (χ2n) is 17.7. The molecule has 0 saturated carbocycles. The predicted molar refractivity (Wildman–Crippen MR) is 271 cm³/mol. The summed E-state index contributed by atoms with van der Waals surface area (Å²) in [6.07, 6.45) is 24.4. The van der Waals surface area contributed by atoms with Gasteiger partial charge in [-0.3, -0.25) is 0 Å². The van der Waals surface area contributed by atoms with E-state index in [9.17, 15) is 0 Å². The van der Waals surface area contributed by atoms with Crippen molar-refractivity contribution in [1.29, 1.82) is 0 Å². The molecule has 0 atom stereocenters. The van der Waals surface area contributed by atoms with Gasteiger partial charge in [-0.2, -0.15) is 0 Å². The molecular weight excluding hydrogens is 761 g/mol. The fourth-order valence-electron chi connectivity index (χ4n) is 9.54. The van der Waals surface area contributed by atoms with Crippen molar-refractivity contribution >= 4 is 84.6 Å². The summed E-state index contributed by atoms with van der Waals surface area (Å²) < 4.78 is 5.50. The molecule has 0 aliphatic heterocycles. The number of benzene rings is 7. The molecule has 60 heavy (non-hydrogen) atoms. The molecule has 2 heterocycles. The Morgan fingerprint density at radius 2 is 0.617 bits per heavy atom. The fourth-order valence-corrected chi connectivity index (χ4v) is 11.9. The molecule has 0 aliphatic rings. The van der Waals surface area contributed by atoms with Gasteiger partial charge in [0.15, 0.2) is 0 Å². The van der Waals surface area contributed by atoms with E-state index < -0.39 is 0 Å². The van der Waals surface area contributed by atoms with Crippen LogP contribution in [0.2, 0.25) is 0 Å². The van der Waals surface area contributed by atoms with E-state index >= 15 is 0 Å². The summed E-state index contributed by atoms with van der Waals surface area (Å²) >= 11 is 3.88. The molecular formula is C58H62S2. The summed E-state index contributed by atoms with van der Waals surface area (Å²) in [5.74, 6) is 0. The minimum absolute atomic E-state index is 1.19. The van der Waals surface area contributed by atoms with Crippen LogP contribution in [-0.2, 0) is 12.8 Å². The van der Waals surface area contributed by atoms with E-state index in [1.54, 1.807) is 0 Å². The molecule has 0 spiro atoms. The number of thiophene rings is 2. The van der Waals surface area contributed by atoms with Crippen LogP contribution >= 0.6 is 22.7 Å². The average molecular weight is 823 g/mol. The van der Waals surface area contributed by atoms with E-state index in [1.807, 2.05) is 22.7 Å². The first-order valence-corrected chi connectivity index (χ1v) is 25.2. The van der Waals surface area contributed by atoms with Crippen molar-refractivity contribution in [1.82, 2.24) is 0 Å². The lowest BCUT2D eigenvalue weighted by Gasteiger charge is -2.07. The number of hydrogen-bond donors (Lipinski definition) is 0. The van der Waals surface area contributed by atoms with Gasteiger partial charge in [-0.05, 0) is 129 Å². The topological polar surface area (TPSA) is 0 Å². The Labute approximate surface area is 366 Å². The summed E-state index contributed by atoms with van der Waals surface area (Å²) in [4.78, 5) is 0. The smallest absolute Gasteiger partial charge is 0.0362 e. The molecule has 0 radical (unpaired) electrons. The van der Waals surface area contributed by atoms with Crippen LogP contribution in [0.15, 0.2) is 121 Å². The van der Waals surface area contributed by atoms with E-state index in [-0.39, 0.29) is 0 Å². The van der Waals surface area contributed by atoms with Crippen molar-refractivity contribution < 1.29 is 0 Å². The van der Waals surface area contributed by atoms with Crippen molar-refractivity contribution in [3.8, 4) is 22.3 Å². The minimum Gasteiger partial charge on any atom is -0.135 e. The lowest BCUT2D eigenvalue weighted by molar-refractivity contribution is 0.575. The van der Waals surface area contributed by atoms with Gasteiger partial charge in [-0.15, -0.1) is 22.7 Å². The third-order valence-electron chi connectivity index (χ3n) is 13.2. The molecule has 0 saturated heterocycles. The van der Waals surface area contributed by atoms with Gasteiger partial charge in [-0.1, -0.05) is 177 Å². The standard InChI is InChI=1S/C58H62S2/c1-3-5-7-9-11-13-15-17-19-41-21-25-43(26-22-41)45-29-31-47-35-51-53-39-58-54(40-57(53)59-55(51)37-49(47)33-45)52-36-48-32-30-46(34-50(48)38-56(52)60-58)44-27-23-42(24-28-44)20-18-16-14-12-10-8-6-4-2/h21-40H,3-20H2,1-2H3. The second kappa shape index (κ2) is 19.5. The van der Waals surface area contributed by atoms with Gasteiger partial charge in [0.1, 0.15) is 0 Å². The Kier molecular flexibility index (Phi) is 13.3. The molecule has 2 aromatic heterocycles. The van der Waals surface area contributed by atoms with E-state index in [4.69, 9.17) is 0 Å². The molecule has 0 nitrogen and oxygen atoms in total. The molecule has 0 fully saturated rings. The highest BCUT2D eigenvalue weighted by atomic mass is 32.1. The third kappa shape index (κ3) is 9.36. The maximum Gasteiger partial charge on any atom is 0.0362 e. The lowest BCUT2D eigenvalue weighted by Crippen LogP contribution is -1.87. The van der Waals surface area contributed by atoms with Gasteiger partial charge >= 0.3 is 0 Å². The molecule has 0 bridgehead atoms. The zero-order valence-electron chi connectivity index (χ0n) is 36.1. The van der Waals surface area contributed by atoms with Gasteiger partial charge in [-0.25, -0.2) is 0 Å². The quantitative estimate of drug-likeness (QED) is 0.0672. The summed E-state index contributed by atoms with van der Waals surface area (Å²) in [6, 6.07) is 47.4. The Bertz CT molecular complexity index is 2630. The highest BCUT2D eigenvalue weighted by Gasteiger charge is 2.14. The van der Waals surface area contributed by atoms with Crippen molar-refractivity contribution in [2.45, 2.75) is 129 Å². The van der Waals surface area contributed by atoms with Gasteiger partial charge in [0.25, 0.3) is 0 Å². The van der Waals surface area contributed by atoms with Crippen LogP contribution in [0.1, 0.15) is 128 Å². The third-order valence-corrected chi connectivity index (χ3v) is 15.4. The van der Waals surface area contributed by atoms with Gasteiger partial charge in [0.2, 0.25) is 0 Å². The summed E-state index contributed by atoms with van der Waals surface area (Å²) in [5, 5.41) is 10.8. The van der Waals surface area contributed by atoms with Crippen molar-refractivity contribution in [3.05, 3.63) is 132 Å². The average Bonchev–Trinajstić information content (AvgIpc) is 3.81. The van der Waals surface area contributed by atoms with Crippen LogP contribution in [0.4, 0.5) is 0 Å². The normalized spacial score (nSPS) is 12.0. The van der Waals surface area contributed by atoms with E-state index in [2.05, 4.69) is 135 Å². The van der Waals surface area contributed by atoms with Crippen LogP contribution < -0.4 is 0 Å². The summed E-state index contributed by atoms with van der Waals surface area (Å²) in [5.41, 5.74) is 8.15. The number of rotatable bonds is 20. The second-order valence-corrected chi connectivity index (χ2v) is 19.9. The molecule has 0 N–H and O–H groups in total. The highest BCUT2D eigenvalue weighted by molar-refractivity contribution is 7.27. The van der Waals surface area contributed by atoms with Crippen LogP contribution in [0.25, 0.3) is 84.1 Å². The van der Waals surface area contributed by atoms with Crippen LogP contribution in [0.3, 0.4) is 0 Å². The van der Waals surface area contributed by atoms with E-state index in [0.29, 0.717) is 0 Å². The maximum atomic E-state index is 2.47. The van der Waals surface area contributed by atoms with Gasteiger partial charge < -0.3 is 0 Å². The van der Waals surface area contributed by atoms with Gasteiger partial charge in [0, 0.05) is 40.3 Å². The first-order chi connectivity index (χ1) is 29.6. The fraction of sp³-hybridized carbons (Fsp3) is 0.345. The number of aryl methyl sites for hydroxylation is 2. The Balaban J connectivity index is 0.888. The summed E-state index contributed by atoms with van der Waals surface area (Å²) in [6.45, 7) is 4.59. The number of unbranched alkanes of at least 4 members (excludes halogenated alkanes) is 14. The first-order valence-electron chi connectivity index (χ1n) is 23.5. The van der Waals surface area contributed by atoms with Crippen molar-refractivity contribution in [2.75, 3.05) is 0 Å². The van der Waals surface area contributed by atoms with Crippen molar-refractivity contribution in [3.63, 3.8) is 0 Å². The molecule has 0 amide bonds. The molecule has 2 heteroatoms. The number of hydrogen-bond acceptors (Lipinski definition) is 2. The monoisotopic (exact) mass is 822 g/mol. The molecule has 0 aliphatic carbocycles. The zero-order valence-corrected chi connectivity index (χ0v) is 37.7. The maximum absolute atomic E-state index is 2.47. The summed E-state index contributed by atoms with van der Waals surface area (Å²) in [7, 11) is 0. The predicted octanol–water partition coefficient (Wildman–Crippen LogP) is 19.4. The SMILES string of the molecule is CCCCCCCCCCc1ccc(-c2ccc3cc4c(cc3c2)sc2cc3c(cc24)sc2cc4cc(-c5ccc(CCCCCCCCCC)cc5)ccc4cc23)cc1. The van der Waals surface area contributed by atoms with Crippen LogP contribution in [-0.4, -0.2) is 0 Å². The zero-order chi connectivity index (χ0) is 40.7. The highest BCUT2D eigenvalue weighted by Crippen LogP contribution is 2.44. The van der Waals surface area contributed by atoms with Gasteiger partial charge in [0.05, 0.1) is 0 Å².